The molecule has 1 rings (SSSR count). The molecule has 0 aliphatic heterocycles. The van der Waals surface area contributed by atoms with Crippen molar-refractivity contribution in [1.29, 1.82) is 0 Å². The van der Waals surface area contributed by atoms with Crippen LogP contribution < -0.4 is 4.90 Å². The molecule has 174 valence electrons. The fraction of sp³-hybridized carbons (Fsp3) is 0.565. The van der Waals surface area contributed by atoms with E-state index in [9.17, 15) is 14.7 Å². The molecule has 0 spiro atoms. The third kappa shape index (κ3) is 8.21. The number of hydrogen-bond donors (Lipinski definition) is 1. The van der Waals surface area contributed by atoms with Gasteiger partial charge in [0.25, 0.3) is 0 Å². The van der Waals surface area contributed by atoms with Crippen molar-refractivity contribution in [2.24, 2.45) is 11.3 Å². The van der Waals surface area contributed by atoms with Gasteiger partial charge in [-0.3, -0.25) is 9.59 Å². The molecule has 0 aliphatic carbocycles. The SMILES string of the molecule is C=C(CC(CC(=O)O)C(=O)N(C[Si](OC)(OC)OC)c1ccccc1)CC(C)(C)CC. The predicted octanol–water partition coefficient (Wildman–Crippen LogP) is 4.30. The molecule has 0 heterocycles. The second kappa shape index (κ2) is 12.1. The summed E-state index contributed by atoms with van der Waals surface area (Å²) in [6.07, 6.45) is 1.78. The Morgan fingerprint density at radius 1 is 1.10 bits per heavy atom. The summed E-state index contributed by atoms with van der Waals surface area (Å²) in [5.74, 6) is -2.09. The molecule has 0 saturated carbocycles. The molecule has 1 atom stereocenters. The largest absolute Gasteiger partial charge is 0.521 e. The molecule has 7 nitrogen and oxygen atoms in total. The average Bonchev–Trinajstić information content (AvgIpc) is 2.74. The standard InChI is InChI=1S/C23H37NO6Si/c1-8-23(3,4)16-18(2)14-19(15-21(25)26)22(27)24(20-12-10-9-11-13-20)17-31(28-5,29-6)30-7/h9-13,19H,2,8,14-17H2,1,3-7H3,(H,25,26). The summed E-state index contributed by atoms with van der Waals surface area (Å²) in [4.78, 5) is 26.8. The van der Waals surface area contributed by atoms with Gasteiger partial charge in [-0.2, -0.15) is 0 Å². The Bertz CT molecular complexity index is 725. The summed E-state index contributed by atoms with van der Waals surface area (Å²) in [7, 11) is 1.29. The van der Waals surface area contributed by atoms with Crippen LogP contribution in [0, 0.1) is 11.3 Å². The number of allylic oxidation sites excluding steroid dienone is 1. The molecular weight excluding hydrogens is 414 g/mol. The van der Waals surface area contributed by atoms with E-state index in [1.54, 1.807) is 12.1 Å². The number of anilines is 1. The molecule has 1 amide bonds. The number of amides is 1. The highest BCUT2D eigenvalue weighted by Gasteiger charge is 2.43. The first-order chi connectivity index (χ1) is 14.5. The van der Waals surface area contributed by atoms with Gasteiger partial charge in [-0.05, 0) is 30.4 Å². The van der Waals surface area contributed by atoms with Crippen LogP contribution in [0.2, 0.25) is 0 Å². The first-order valence-corrected chi connectivity index (χ1v) is 12.4. The van der Waals surface area contributed by atoms with Crippen molar-refractivity contribution in [1.82, 2.24) is 0 Å². The topological polar surface area (TPSA) is 85.3 Å². The maximum absolute atomic E-state index is 13.7. The molecule has 1 N–H and O–H groups in total. The van der Waals surface area contributed by atoms with Crippen LogP contribution in [0.1, 0.15) is 46.5 Å². The lowest BCUT2D eigenvalue weighted by Crippen LogP contribution is -2.56. The minimum absolute atomic E-state index is 0.0389. The highest BCUT2D eigenvalue weighted by Crippen LogP contribution is 2.32. The Hall–Kier alpha value is -2.00. The van der Waals surface area contributed by atoms with Crippen molar-refractivity contribution >= 4 is 26.4 Å². The molecule has 0 fully saturated rings. The lowest BCUT2D eigenvalue weighted by molar-refractivity contribution is -0.140. The fourth-order valence-corrected chi connectivity index (χ4v) is 5.06. The number of rotatable bonds is 14. The number of carbonyl (C=O) groups is 2. The van der Waals surface area contributed by atoms with Crippen LogP contribution in [0.3, 0.4) is 0 Å². The van der Waals surface area contributed by atoms with E-state index >= 15 is 0 Å². The number of benzene rings is 1. The lowest BCUT2D eigenvalue weighted by Gasteiger charge is -2.33. The number of nitrogens with zero attached hydrogens (tertiary/aromatic N) is 1. The van der Waals surface area contributed by atoms with Crippen molar-refractivity contribution in [3.8, 4) is 0 Å². The van der Waals surface area contributed by atoms with E-state index < -0.39 is 20.7 Å². The Kier molecular flexibility index (Phi) is 10.6. The van der Waals surface area contributed by atoms with Crippen molar-refractivity contribution in [2.45, 2.75) is 46.5 Å². The van der Waals surface area contributed by atoms with Gasteiger partial charge in [0.15, 0.2) is 0 Å². The van der Waals surface area contributed by atoms with Crippen LogP contribution in [0.5, 0.6) is 0 Å². The first-order valence-electron chi connectivity index (χ1n) is 10.4. The zero-order valence-corrected chi connectivity index (χ0v) is 20.6. The maximum atomic E-state index is 13.7. The second-order valence-corrected chi connectivity index (χ2v) is 11.4. The molecule has 0 saturated heterocycles. The van der Waals surface area contributed by atoms with Gasteiger partial charge in [0.05, 0.1) is 18.5 Å². The van der Waals surface area contributed by atoms with Gasteiger partial charge in [-0.1, -0.05) is 57.5 Å². The Balaban J connectivity index is 3.26. The number of carbonyl (C=O) groups excluding carboxylic acids is 1. The summed E-state index contributed by atoms with van der Waals surface area (Å²) in [5.41, 5.74) is 1.54. The van der Waals surface area contributed by atoms with E-state index in [0.29, 0.717) is 12.1 Å². The van der Waals surface area contributed by atoms with Crippen LogP contribution >= 0.6 is 0 Å². The minimum Gasteiger partial charge on any atom is -0.481 e. The number of aliphatic carboxylic acids is 1. The molecule has 8 heteroatoms. The molecule has 0 radical (unpaired) electrons. The van der Waals surface area contributed by atoms with Crippen LogP contribution in [0.25, 0.3) is 0 Å². The van der Waals surface area contributed by atoms with Gasteiger partial charge in [0, 0.05) is 27.0 Å². The molecule has 1 unspecified atom stereocenters. The molecule has 0 aromatic heterocycles. The van der Waals surface area contributed by atoms with Gasteiger partial charge in [0.2, 0.25) is 5.91 Å². The maximum Gasteiger partial charge on any atom is 0.521 e. The highest BCUT2D eigenvalue weighted by atomic mass is 28.4. The number of hydrogen-bond acceptors (Lipinski definition) is 5. The predicted molar refractivity (Wildman–Crippen MR) is 124 cm³/mol. The Morgan fingerprint density at radius 2 is 1.65 bits per heavy atom. The Labute approximate surface area is 187 Å². The molecule has 0 aliphatic rings. The van der Waals surface area contributed by atoms with Crippen molar-refractivity contribution in [3.05, 3.63) is 42.5 Å². The number of carboxylic acid groups (broad SMARTS) is 1. The smallest absolute Gasteiger partial charge is 0.481 e. The lowest BCUT2D eigenvalue weighted by atomic mass is 9.81. The van der Waals surface area contributed by atoms with Crippen LogP contribution in [0.4, 0.5) is 5.69 Å². The highest BCUT2D eigenvalue weighted by molar-refractivity contribution is 6.61. The average molecular weight is 452 g/mol. The third-order valence-corrected chi connectivity index (χ3v) is 8.18. The number of carboxylic acids is 1. The van der Waals surface area contributed by atoms with E-state index in [0.717, 1.165) is 18.4 Å². The zero-order valence-electron chi connectivity index (χ0n) is 19.6. The Morgan fingerprint density at radius 3 is 2.10 bits per heavy atom. The fourth-order valence-electron chi connectivity index (χ4n) is 3.44. The minimum atomic E-state index is -3.16. The van der Waals surface area contributed by atoms with Gasteiger partial charge >= 0.3 is 14.8 Å². The van der Waals surface area contributed by atoms with Gasteiger partial charge in [-0.15, -0.1) is 0 Å². The van der Waals surface area contributed by atoms with E-state index in [1.807, 2.05) is 18.2 Å². The summed E-state index contributed by atoms with van der Waals surface area (Å²) in [6.45, 7) is 10.5. The molecule has 0 bridgehead atoms. The van der Waals surface area contributed by atoms with Gasteiger partial charge in [0.1, 0.15) is 0 Å². The second-order valence-electron chi connectivity index (χ2n) is 8.50. The summed E-state index contributed by atoms with van der Waals surface area (Å²) >= 11 is 0. The van der Waals surface area contributed by atoms with Crippen LogP contribution in [-0.4, -0.2) is 53.3 Å². The zero-order chi connectivity index (χ0) is 23.7. The molecular formula is C23H37NO6Si. The molecule has 31 heavy (non-hydrogen) atoms. The van der Waals surface area contributed by atoms with E-state index in [1.165, 1.54) is 26.2 Å². The van der Waals surface area contributed by atoms with E-state index in [2.05, 4.69) is 27.4 Å². The molecule has 1 aromatic rings. The summed E-state index contributed by atoms with van der Waals surface area (Å²) < 4.78 is 16.6. The van der Waals surface area contributed by atoms with Crippen LogP contribution in [0.15, 0.2) is 42.5 Å². The normalized spacial score (nSPS) is 13.0. The quantitative estimate of drug-likeness (QED) is 0.335. The summed E-state index contributed by atoms with van der Waals surface area (Å²) in [6, 6.07) is 9.08. The van der Waals surface area contributed by atoms with Crippen molar-refractivity contribution in [3.63, 3.8) is 0 Å². The van der Waals surface area contributed by atoms with Crippen LogP contribution in [-0.2, 0) is 22.9 Å². The van der Waals surface area contributed by atoms with E-state index in [-0.39, 0.29) is 23.9 Å². The van der Waals surface area contributed by atoms with Crippen molar-refractivity contribution in [2.75, 3.05) is 32.4 Å². The first kappa shape index (κ1) is 27.0. The third-order valence-electron chi connectivity index (χ3n) is 5.61. The monoisotopic (exact) mass is 451 g/mol. The van der Waals surface area contributed by atoms with Gasteiger partial charge in [-0.25, -0.2) is 0 Å². The number of para-hydroxylation sites is 1. The molecule has 1 aromatic carbocycles. The van der Waals surface area contributed by atoms with Crippen molar-refractivity contribution < 1.29 is 28.0 Å². The van der Waals surface area contributed by atoms with Gasteiger partial charge < -0.3 is 23.3 Å². The summed E-state index contributed by atoms with van der Waals surface area (Å²) in [5, 5.41) is 9.48. The van der Waals surface area contributed by atoms with E-state index in [4.69, 9.17) is 13.3 Å².